The van der Waals surface area contributed by atoms with Crippen LogP contribution >= 0.6 is 0 Å². The third-order valence-corrected chi connectivity index (χ3v) is 13.0. The smallest absolute Gasteiger partial charge is 0.138 e. The highest BCUT2D eigenvalue weighted by molar-refractivity contribution is 5.85. The van der Waals surface area contributed by atoms with Crippen molar-refractivity contribution in [3.8, 4) is 0 Å². The average Bonchev–Trinajstić information content (AvgIpc) is 2.75. The molecule has 5 aliphatic carbocycles. The number of fused-ring (bicyclic) bond motifs is 7. The standard InChI is InChI=1S/C30H48O5/c1-25(2)14-18-17-8-9-20-27(5)12-11-21(32)26(3,4)19(27)10-13-28(20,6)29(17,7)23(34)24(35)30(18,16-31)22(33)15-25/h8,18-20,22-24,31,33-35H,9-16H2,1-7H3. The Balaban J connectivity index is 1.67. The SMILES string of the molecule is CC1(C)CC(O)C2(CO)C(C1)C1=CCC3C4(C)CCC(=O)C(C)(C)C4CCC3(C)C1(C)C(O)C2O. The highest BCUT2D eigenvalue weighted by Gasteiger charge is 2.73. The summed E-state index contributed by atoms with van der Waals surface area (Å²) in [5.41, 5.74) is -1.39. The first-order chi connectivity index (χ1) is 16.0. The summed E-state index contributed by atoms with van der Waals surface area (Å²) < 4.78 is 0. The van der Waals surface area contributed by atoms with E-state index in [4.69, 9.17) is 0 Å². The molecule has 5 nitrogen and oxygen atoms in total. The van der Waals surface area contributed by atoms with Gasteiger partial charge in [0.25, 0.3) is 0 Å². The summed E-state index contributed by atoms with van der Waals surface area (Å²) in [5, 5.41) is 45.7. The lowest BCUT2D eigenvalue weighted by atomic mass is 9.32. The highest BCUT2D eigenvalue weighted by atomic mass is 16.3. The quantitative estimate of drug-likeness (QED) is 0.414. The molecule has 5 aliphatic rings. The predicted molar refractivity (Wildman–Crippen MR) is 135 cm³/mol. The molecule has 4 fully saturated rings. The number of allylic oxidation sites excluding steroid dienone is 1. The van der Waals surface area contributed by atoms with Crippen molar-refractivity contribution in [3.05, 3.63) is 11.6 Å². The van der Waals surface area contributed by atoms with Gasteiger partial charge in [-0.15, -0.1) is 0 Å². The van der Waals surface area contributed by atoms with Crippen LogP contribution in [0.1, 0.15) is 93.4 Å². The molecule has 4 N–H and O–H groups in total. The van der Waals surface area contributed by atoms with Crippen LogP contribution in [0.4, 0.5) is 0 Å². The van der Waals surface area contributed by atoms with E-state index in [9.17, 15) is 25.2 Å². The van der Waals surface area contributed by atoms with Gasteiger partial charge in [-0.2, -0.15) is 0 Å². The number of carbonyl (C=O) groups is 1. The van der Waals surface area contributed by atoms with E-state index in [2.05, 4.69) is 54.5 Å². The number of hydrogen-bond donors (Lipinski definition) is 4. The number of Topliss-reactive ketones (excluding diaryl/α,β-unsaturated/α-hetero) is 1. The zero-order valence-electron chi connectivity index (χ0n) is 22.9. The average molecular weight is 489 g/mol. The van der Waals surface area contributed by atoms with E-state index in [1.807, 2.05) is 0 Å². The number of aliphatic hydroxyl groups excluding tert-OH is 4. The maximum absolute atomic E-state index is 12.9. The molecular formula is C30H48O5. The van der Waals surface area contributed by atoms with Crippen LogP contribution in [0.15, 0.2) is 11.6 Å². The van der Waals surface area contributed by atoms with Gasteiger partial charge in [-0.05, 0) is 72.5 Å². The fourth-order valence-electron chi connectivity index (χ4n) is 10.8. The molecule has 10 unspecified atom stereocenters. The topological polar surface area (TPSA) is 98.0 Å². The molecule has 4 saturated carbocycles. The van der Waals surface area contributed by atoms with E-state index in [0.29, 0.717) is 30.5 Å². The van der Waals surface area contributed by atoms with Crippen LogP contribution in [-0.4, -0.2) is 51.1 Å². The first kappa shape index (κ1) is 25.9. The molecule has 0 heterocycles. The molecule has 198 valence electrons. The van der Waals surface area contributed by atoms with Crippen molar-refractivity contribution in [1.29, 1.82) is 0 Å². The van der Waals surface area contributed by atoms with E-state index < -0.39 is 29.1 Å². The van der Waals surface area contributed by atoms with Gasteiger partial charge in [-0.3, -0.25) is 4.79 Å². The van der Waals surface area contributed by atoms with Crippen LogP contribution in [0.25, 0.3) is 0 Å². The van der Waals surface area contributed by atoms with Crippen molar-refractivity contribution in [2.45, 2.75) is 112 Å². The van der Waals surface area contributed by atoms with E-state index in [1.165, 1.54) is 0 Å². The van der Waals surface area contributed by atoms with Crippen molar-refractivity contribution < 1.29 is 25.2 Å². The van der Waals surface area contributed by atoms with Crippen LogP contribution in [0.3, 0.4) is 0 Å². The number of carbonyl (C=O) groups excluding carboxylic acids is 1. The van der Waals surface area contributed by atoms with E-state index in [1.54, 1.807) is 0 Å². The number of hydrogen-bond acceptors (Lipinski definition) is 5. The summed E-state index contributed by atoms with van der Waals surface area (Å²) in [7, 11) is 0. The summed E-state index contributed by atoms with van der Waals surface area (Å²) in [4.78, 5) is 12.9. The third kappa shape index (κ3) is 2.88. The normalized spacial score (nSPS) is 54.6. The minimum atomic E-state index is -1.20. The molecule has 0 saturated heterocycles. The van der Waals surface area contributed by atoms with Gasteiger partial charge < -0.3 is 20.4 Å². The van der Waals surface area contributed by atoms with Crippen molar-refractivity contribution >= 4 is 5.78 Å². The molecule has 0 amide bonds. The lowest BCUT2D eigenvalue weighted by Crippen LogP contribution is -2.74. The van der Waals surface area contributed by atoms with Gasteiger partial charge >= 0.3 is 0 Å². The predicted octanol–water partition coefficient (Wildman–Crippen LogP) is 4.26. The van der Waals surface area contributed by atoms with Crippen LogP contribution in [0.5, 0.6) is 0 Å². The largest absolute Gasteiger partial charge is 0.396 e. The summed E-state index contributed by atoms with van der Waals surface area (Å²) in [6.07, 6.45) is 4.68. The molecule has 5 heteroatoms. The Bertz CT molecular complexity index is 952. The number of rotatable bonds is 1. The lowest BCUT2D eigenvalue weighted by Gasteiger charge is -2.72. The van der Waals surface area contributed by atoms with Crippen LogP contribution in [0.2, 0.25) is 0 Å². The summed E-state index contributed by atoms with van der Waals surface area (Å²) in [5.74, 6) is 0.800. The minimum Gasteiger partial charge on any atom is -0.396 e. The van der Waals surface area contributed by atoms with E-state index >= 15 is 0 Å². The molecular weight excluding hydrogens is 440 g/mol. The Labute approximate surface area is 211 Å². The summed E-state index contributed by atoms with van der Waals surface area (Å²) >= 11 is 0. The fourth-order valence-corrected chi connectivity index (χ4v) is 10.8. The molecule has 0 aromatic carbocycles. The second-order valence-electron chi connectivity index (χ2n) is 15.1. The highest BCUT2D eigenvalue weighted by Crippen LogP contribution is 2.75. The molecule has 0 radical (unpaired) electrons. The van der Waals surface area contributed by atoms with Gasteiger partial charge in [0.2, 0.25) is 0 Å². The first-order valence-corrected chi connectivity index (χ1v) is 13.9. The molecule has 0 aromatic heterocycles. The zero-order valence-corrected chi connectivity index (χ0v) is 22.9. The molecule has 35 heavy (non-hydrogen) atoms. The van der Waals surface area contributed by atoms with Crippen molar-refractivity contribution in [2.75, 3.05) is 6.61 Å². The summed E-state index contributed by atoms with van der Waals surface area (Å²) in [6.45, 7) is 15.1. The van der Waals surface area contributed by atoms with Crippen LogP contribution in [0, 0.1) is 50.2 Å². The minimum absolute atomic E-state index is 0.0169. The lowest BCUT2D eigenvalue weighted by molar-refractivity contribution is -0.267. The first-order valence-electron chi connectivity index (χ1n) is 13.9. The monoisotopic (exact) mass is 488 g/mol. The van der Waals surface area contributed by atoms with Gasteiger partial charge in [-0.25, -0.2) is 0 Å². The van der Waals surface area contributed by atoms with Crippen LogP contribution in [-0.2, 0) is 4.79 Å². The van der Waals surface area contributed by atoms with Gasteiger partial charge in [0.1, 0.15) is 5.78 Å². The number of aliphatic hydroxyl groups is 4. The van der Waals surface area contributed by atoms with Gasteiger partial charge in [0.15, 0.2) is 0 Å². The maximum atomic E-state index is 12.9. The van der Waals surface area contributed by atoms with E-state index in [0.717, 1.165) is 37.7 Å². The van der Waals surface area contributed by atoms with Gasteiger partial charge in [-0.1, -0.05) is 60.1 Å². The van der Waals surface area contributed by atoms with Crippen molar-refractivity contribution in [3.63, 3.8) is 0 Å². The van der Waals surface area contributed by atoms with Crippen molar-refractivity contribution in [2.24, 2.45) is 50.2 Å². The van der Waals surface area contributed by atoms with Crippen LogP contribution < -0.4 is 0 Å². The molecule has 0 aliphatic heterocycles. The van der Waals surface area contributed by atoms with Gasteiger partial charge in [0.05, 0.1) is 30.3 Å². The Morgan fingerprint density at radius 2 is 1.57 bits per heavy atom. The second-order valence-corrected chi connectivity index (χ2v) is 15.1. The maximum Gasteiger partial charge on any atom is 0.138 e. The zero-order chi connectivity index (χ0) is 26.0. The second kappa shape index (κ2) is 7.42. The van der Waals surface area contributed by atoms with E-state index in [-0.39, 0.29) is 34.2 Å². The summed E-state index contributed by atoms with van der Waals surface area (Å²) in [6, 6.07) is 0. The Morgan fingerprint density at radius 1 is 0.914 bits per heavy atom. The Hall–Kier alpha value is -0.750. The Kier molecular flexibility index (Phi) is 5.49. The number of ketones is 1. The molecule has 5 rings (SSSR count). The Morgan fingerprint density at radius 3 is 2.20 bits per heavy atom. The van der Waals surface area contributed by atoms with Crippen molar-refractivity contribution in [1.82, 2.24) is 0 Å². The molecule has 0 spiro atoms. The fraction of sp³-hybridized carbons (Fsp3) is 0.900. The molecule has 0 aromatic rings. The third-order valence-electron chi connectivity index (χ3n) is 13.0. The molecule has 10 atom stereocenters. The molecule has 0 bridgehead atoms. The van der Waals surface area contributed by atoms with Gasteiger partial charge in [0, 0.05) is 17.3 Å².